The fourth-order valence-electron chi connectivity index (χ4n) is 2.20. The number of nitro groups is 1. The number of hydrogen-bond donors (Lipinski definition) is 1. The molecule has 1 fully saturated rings. The molecule has 0 saturated heterocycles. The number of benzene rings is 1. The predicted octanol–water partition coefficient (Wildman–Crippen LogP) is 4.07. The van der Waals surface area contributed by atoms with Crippen molar-refractivity contribution in [1.29, 1.82) is 0 Å². The Morgan fingerprint density at radius 1 is 1.45 bits per heavy atom. The number of nitrogens with zero attached hydrogens (tertiary/aromatic N) is 1. The fraction of sp³-hybridized carbons (Fsp3) is 0.538. The lowest BCUT2D eigenvalue weighted by Gasteiger charge is -2.11. The maximum Gasteiger partial charge on any atom is 0.423 e. The third-order valence-electron chi connectivity index (χ3n) is 3.77. The van der Waals surface area contributed by atoms with Crippen molar-refractivity contribution in [3.8, 4) is 0 Å². The van der Waals surface area contributed by atoms with Gasteiger partial charge in [-0.3, -0.25) is 10.1 Å². The van der Waals surface area contributed by atoms with E-state index in [4.69, 9.17) is 0 Å². The van der Waals surface area contributed by atoms with E-state index >= 15 is 0 Å². The molecule has 1 aromatic rings. The summed E-state index contributed by atoms with van der Waals surface area (Å²) in [6.45, 7) is 4.76. The zero-order valence-electron chi connectivity index (χ0n) is 11.1. The molecule has 1 aliphatic carbocycles. The molecule has 0 aromatic heterocycles. The van der Waals surface area contributed by atoms with Gasteiger partial charge in [0, 0.05) is 18.3 Å². The molecule has 1 unspecified atom stereocenters. The molecule has 1 aromatic carbocycles. The Labute approximate surface area is 114 Å². The van der Waals surface area contributed by atoms with E-state index in [2.05, 4.69) is 19.2 Å². The van der Waals surface area contributed by atoms with E-state index in [0.29, 0.717) is 12.5 Å². The highest BCUT2D eigenvalue weighted by Gasteiger charge is 2.45. The van der Waals surface area contributed by atoms with Gasteiger partial charge in [0.25, 0.3) is 5.69 Å². The van der Waals surface area contributed by atoms with Crippen LogP contribution in [0.4, 0.5) is 24.5 Å². The largest absolute Gasteiger partial charge is 0.423 e. The van der Waals surface area contributed by atoms with Crippen LogP contribution in [0, 0.1) is 21.4 Å². The number of nitro benzene ring substituents is 1. The summed E-state index contributed by atoms with van der Waals surface area (Å²) in [4.78, 5) is 9.61. The molecule has 4 nitrogen and oxygen atoms in total. The van der Waals surface area contributed by atoms with Crippen molar-refractivity contribution in [1.82, 2.24) is 0 Å². The summed E-state index contributed by atoms with van der Waals surface area (Å²) in [7, 11) is 0. The van der Waals surface area contributed by atoms with E-state index in [-0.39, 0.29) is 11.1 Å². The first-order valence-electron chi connectivity index (χ1n) is 6.21. The minimum atomic E-state index is -4.74. The number of halogens is 3. The molecule has 0 bridgehead atoms. The average molecular weight is 288 g/mol. The molecule has 0 spiro atoms. The van der Waals surface area contributed by atoms with Crippen LogP contribution in [0.3, 0.4) is 0 Å². The lowest BCUT2D eigenvalue weighted by molar-refractivity contribution is -0.388. The quantitative estimate of drug-likeness (QED) is 0.671. The van der Waals surface area contributed by atoms with E-state index in [9.17, 15) is 23.3 Å². The number of rotatable bonds is 4. The van der Waals surface area contributed by atoms with Crippen molar-refractivity contribution in [2.24, 2.45) is 11.3 Å². The van der Waals surface area contributed by atoms with Gasteiger partial charge >= 0.3 is 6.18 Å². The van der Waals surface area contributed by atoms with Gasteiger partial charge in [0.05, 0.1) is 4.92 Å². The summed E-state index contributed by atoms with van der Waals surface area (Å²) >= 11 is 0. The second kappa shape index (κ2) is 4.64. The molecule has 0 heterocycles. The summed E-state index contributed by atoms with van der Waals surface area (Å²) in [6.07, 6.45) is -3.71. The van der Waals surface area contributed by atoms with Crippen LogP contribution in [0.2, 0.25) is 0 Å². The molecule has 7 heteroatoms. The highest BCUT2D eigenvalue weighted by atomic mass is 19.4. The first kappa shape index (κ1) is 14.6. The topological polar surface area (TPSA) is 55.2 Å². The van der Waals surface area contributed by atoms with E-state index in [1.54, 1.807) is 0 Å². The van der Waals surface area contributed by atoms with E-state index in [0.717, 1.165) is 18.6 Å². The molecule has 2 rings (SSSR count). The van der Waals surface area contributed by atoms with Crippen molar-refractivity contribution >= 4 is 11.4 Å². The Kier molecular flexibility index (Phi) is 3.39. The third kappa shape index (κ3) is 3.02. The molecule has 0 amide bonds. The van der Waals surface area contributed by atoms with Crippen LogP contribution in [-0.2, 0) is 6.18 Å². The Hall–Kier alpha value is -1.79. The highest BCUT2D eigenvalue weighted by Crippen LogP contribution is 2.51. The molecule has 1 saturated carbocycles. The maximum atomic E-state index is 12.8. The van der Waals surface area contributed by atoms with Crippen LogP contribution < -0.4 is 5.32 Å². The summed E-state index contributed by atoms with van der Waals surface area (Å²) < 4.78 is 38.4. The van der Waals surface area contributed by atoms with Crippen LogP contribution in [-0.4, -0.2) is 11.5 Å². The normalized spacial score (nSPS) is 20.6. The summed E-state index contributed by atoms with van der Waals surface area (Å²) in [6, 6.07) is 3.00. The van der Waals surface area contributed by atoms with Crippen LogP contribution in [0.1, 0.15) is 25.8 Å². The first-order valence-corrected chi connectivity index (χ1v) is 6.21. The molecular weight excluding hydrogens is 273 g/mol. The van der Waals surface area contributed by atoms with Crippen molar-refractivity contribution < 1.29 is 18.1 Å². The SMILES string of the molecule is CC1(C)CC1CNc1ccc([N+](=O)[O-])c(C(F)(F)F)c1. The van der Waals surface area contributed by atoms with E-state index in [1.807, 2.05) is 0 Å². The van der Waals surface area contributed by atoms with Gasteiger partial charge in [0.2, 0.25) is 0 Å². The van der Waals surface area contributed by atoms with Crippen molar-refractivity contribution in [3.63, 3.8) is 0 Å². The lowest BCUT2D eigenvalue weighted by atomic mass is 10.1. The second-order valence-corrected chi connectivity index (χ2v) is 5.76. The van der Waals surface area contributed by atoms with Crippen LogP contribution >= 0.6 is 0 Å². The summed E-state index contributed by atoms with van der Waals surface area (Å²) in [5.74, 6) is 0.423. The molecule has 1 aliphatic rings. The smallest absolute Gasteiger partial charge is 0.385 e. The Balaban J connectivity index is 2.17. The van der Waals surface area contributed by atoms with Gasteiger partial charge in [-0.2, -0.15) is 13.2 Å². The van der Waals surface area contributed by atoms with E-state index in [1.165, 1.54) is 6.07 Å². The van der Waals surface area contributed by atoms with Gasteiger partial charge in [0.1, 0.15) is 5.56 Å². The first-order chi connectivity index (χ1) is 9.11. The van der Waals surface area contributed by atoms with E-state index < -0.39 is 22.4 Å². The van der Waals surface area contributed by atoms with Gasteiger partial charge < -0.3 is 5.32 Å². The van der Waals surface area contributed by atoms with Crippen molar-refractivity contribution in [3.05, 3.63) is 33.9 Å². The maximum absolute atomic E-state index is 12.8. The van der Waals surface area contributed by atoms with Gasteiger partial charge in [-0.15, -0.1) is 0 Å². The molecule has 20 heavy (non-hydrogen) atoms. The van der Waals surface area contributed by atoms with Crippen molar-refractivity contribution in [2.75, 3.05) is 11.9 Å². The monoisotopic (exact) mass is 288 g/mol. The van der Waals surface area contributed by atoms with Gasteiger partial charge in [-0.25, -0.2) is 0 Å². The van der Waals surface area contributed by atoms with Crippen LogP contribution in [0.25, 0.3) is 0 Å². The average Bonchev–Trinajstić information content (AvgIpc) is 2.93. The van der Waals surface area contributed by atoms with Gasteiger partial charge in [0.15, 0.2) is 0 Å². The van der Waals surface area contributed by atoms with Gasteiger partial charge in [-0.05, 0) is 29.9 Å². The fourth-order valence-corrected chi connectivity index (χ4v) is 2.20. The van der Waals surface area contributed by atoms with Gasteiger partial charge in [-0.1, -0.05) is 13.8 Å². The zero-order chi connectivity index (χ0) is 15.1. The Morgan fingerprint density at radius 3 is 2.50 bits per heavy atom. The lowest BCUT2D eigenvalue weighted by Crippen LogP contribution is -2.11. The molecule has 0 radical (unpaired) electrons. The number of alkyl halides is 3. The second-order valence-electron chi connectivity index (χ2n) is 5.76. The third-order valence-corrected chi connectivity index (χ3v) is 3.77. The summed E-state index contributed by atoms with van der Waals surface area (Å²) in [5.41, 5.74) is -1.66. The van der Waals surface area contributed by atoms with Crippen LogP contribution in [0.5, 0.6) is 0 Å². The molecule has 1 N–H and O–H groups in total. The molecule has 1 atom stereocenters. The van der Waals surface area contributed by atoms with Crippen molar-refractivity contribution in [2.45, 2.75) is 26.4 Å². The number of nitrogens with one attached hydrogen (secondary N) is 1. The molecule has 0 aliphatic heterocycles. The van der Waals surface area contributed by atoms with Crippen LogP contribution in [0.15, 0.2) is 18.2 Å². The zero-order valence-corrected chi connectivity index (χ0v) is 11.1. The molecular formula is C13H15F3N2O2. The minimum Gasteiger partial charge on any atom is -0.385 e. The number of hydrogen-bond acceptors (Lipinski definition) is 3. The molecule has 110 valence electrons. The standard InChI is InChI=1S/C13H15F3N2O2/c1-12(2)6-8(12)7-17-9-3-4-11(18(19)20)10(5-9)13(14,15)16/h3-5,8,17H,6-7H2,1-2H3. The summed E-state index contributed by atoms with van der Waals surface area (Å²) in [5, 5.41) is 13.5. The Morgan fingerprint density at radius 2 is 2.05 bits per heavy atom. The highest BCUT2D eigenvalue weighted by molar-refractivity contribution is 5.55. The Bertz CT molecular complexity index is 541. The predicted molar refractivity (Wildman–Crippen MR) is 68.5 cm³/mol. The minimum absolute atomic E-state index is 0.223. The number of anilines is 1.